The summed E-state index contributed by atoms with van der Waals surface area (Å²) in [5.74, 6) is -0.404. The summed E-state index contributed by atoms with van der Waals surface area (Å²) in [6.45, 7) is 3.46. The normalized spacial score (nSPS) is 28.7. The van der Waals surface area contributed by atoms with Crippen LogP contribution in [0.2, 0.25) is 0 Å². The van der Waals surface area contributed by atoms with Crippen molar-refractivity contribution < 1.29 is 69.0 Å². The molecular weight excluding hydrogens is 752 g/mol. The van der Waals surface area contributed by atoms with Gasteiger partial charge in [-0.1, -0.05) is 114 Å². The number of aliphatic hydroxyl groups excluding tert-OH is 7. The van der Waals surface area contributed by atoms with Gasteiger partial charge in [0.2, 0.25) is 0 Å². The van der Waals surface area contributed by atoms with Crippen molar-refractivity contribution >= 4 is 5.97 Å². The van der Waals surface area contributed by atoms with Crippen molar-refractivity contribution in [1.29, 1.82) is 0 Å². The molecule has 0 saturated carbocycles. The van der Waals surface area contributed by atoms with Gasteiger partial charge < -0.3 is 64.2 Å². The van der Waals surface area contributed by atoms with Crippen molar-refractivity contribution in [1.82, 2.24) is 0 Å². The molecule has 2 fully saturated rings. The maximum atomic E-state index is 12.9. The molecule has 0 aromatic rings. The fourth-order valence-electron chi connectivity index (χ4n) is 6.51. The molecule has 14 nitrogen and oxygen atoms in total. The Balaban J connectivity index is 1.81. The molecule has 2 aliphatic heterocycles. The Labute approximate surface area is 346 Å². The Hall–Kier alpha value is -2.05. The number of hydrogen-bond donors (Lipinski definition) is 7. The van der Waals surface area contributed by atoms with Crippen molar-refractivity contribution in [3.05, 3.63) is 48.6 Å². The molecule has 2 saturated heterocycles. The second-order valence-corrected chi connectivity index (χ2v) is 15.1. The minimum Gasteiger partial charge on any atom is -0.457 e. The molecule has 336 valence electrons. The first kappa shape index (κ1) is 52.1. The highest BCUT2D eigenvalue weighted by atomic mass is 16.7. The summed E-state index contributed by atoms with van der Waals surface area (Å²) in [7, 11) is 0. The van der Waals surface area contributed by atoms with Gasteiger partial charge in [-0.05, 0) is 51.4 Å². The Bertz CT molecular complexity index is 1150. The van der Waals surface area contributed by atoms with Crippen molar-refractivity contribution in [2.45, 2.75) is 191 Å². The molecule has 0 amide bonds. The van der Waals surface area contributed by atoms with E-state index in [9.17, 15) is 40.5 Å². The summed E-state index contributed by atoms with van der Waals surface area (Å²) in [5.41, 5.74) is 0. The summed E-state index contributed by atoms with van der Waals surface area (Å²) in [4.78, 5) is 12.9. The van der Waals surface area contributed by atoms with Crippen LogP contribution in [0.4, 0.5) is 0 Å². The number of carbonyl (C=O) groups excluding carboxylic acids is 1. The second kappa shape index (κ2) is 32.7. The van der Waals surface area contributed by atoms with Gasteiger partial charge in [0.15, 0.2) is 12.6 Å². The van der Waals surface area contributed by atoms with E-state index in [-0.39, 0.29) is 19.6 Å². The molecule has 0 aromatic carbocycles. The fraction of sp³-hybridized carbons (Fsp3) is 0.795. The van der Waals surface area contributed by atoms with Crippen LogP contribution < -0.4 is 0 Å². The van der Waals surface area contributed by atoms with Gasteiger partial charge in [0.25, 0.3) is 0 Å². The van der Waals surface area contributed by atoms with Crippen LogP contribution in [0.1, 0.15) is 123 Å². The highest BCUT2D eigenvalue weighted by Crippen LogP contribution is 2.26. The predicted octanol–water partition coefficient (Wildman–Crippen LogP) is 4.45. The molecule has 58 heavy (non-hydrogen) atoms. The van der Waals surface area contributed by atoms with Gasteiger partial charge in [-0.3, -0.25) is 4.79 Å². The van der Waals surface area contributed by atoms with Gasteiger partial charge in [0.1, 0.15) is 54.9 Å². The van der Waals surface area contributed by atoms with Crippen molar-refractivity contribution in [3.63, 3.8) is 0 Å². The van der Waals surface area contributed by atoms with E-state index in [4.69, 9.17) is 28.4 Å². The molecule has 11 unspecified atom stereocenters. The molecule has 0 bridgehead atoms. The van der Waals surface area contributed by atoms with E-state index < -0.39 is 86.7 Å². The third-order valence-corrected chi connectivity index (χ3v) is 10.1. The lowest BCUT2D eigenvalue weighted by atomic mass is 9.98. The first-order valence-corrected chi connectivity index (χ1v) is 21.7. The first-order valence-electron chi connectivity index (χ1n) is 21.7. The number of hydrogen-bond acceptors (Lipinski definition) is 14. The average Bonchev–Trinajstić information content (AvgIpc) is 3.22. The number of aliphatic hydroxyl groups is 7. The van der Waals surface area contributed by atoms with E-state index in [1.165, 1.54) is 25.7 Å². The maximum absolute atomic E-state index is 12.9. The van der Waals surface area contributed by atoms with Crippen LogP contribution >= 0.6 is 0 Å². The molecular formula is C44H76O14. The quantitative estimate of drug-likeness (QED) is 0.0284. The lowest BCUT2D eigenvalue weighted by Crippen LogP contribution is -2.61. The van der Waals surface area contributed by atoms with Gasteiger partial charge in [0.05, 0.1) is 26.4 Å². The standard InChI is InChI=1S/C44H76O14/c1-3-5-7-9-11-12-13-14-15-16-17-18-19-20-21-23-25-27-36(46)56-33(30-53-28-26-24-22-10-8-6-4-2)31-54-43-42(52)40(50)38(48)35(58-43)32-55-44-41(51)39(49)37(47)34(29-45)57-44/h5,7,11-12,14-15,17-18,33-35,37-45,47-52H,3-4,6,8-10,13,16,19-32H2,1-2H3/b7-5-,12-11-,15-14-,18-17-. The summed E-state index contributed by atoms with van der Waals surface area (Å²) < 4.78 is 34.0. The van der Waals surface area contributed by atoms with Crippen LogP contribution in [0.15, 0.2) is 48.6 Å². The summed E-state index contributed by atoms with van der Waals surface area (Å²) >= 11 is 0. The Morgan fingerprint density at radius 2 is 1.12 bits per heavy atom. The lowest BCUT2D eigenvalue weighted by Gasteiger charge is -2.42. The molecule has 0 spiro atoms. The van der Waals surface area contributed by atoms with E-state index >= 15 is 0 Å². The van der Waals surface area contributed by atoms with Crippen LogP contribution in [-0.4, -0.2) is 142 Å². The van der Waals surface area contributed by atoms with Crippen molar-refractivity contribution in [3.8, 4) is 0 Å². The van der Waals surface area contributed by atoms with Gasteiger partial charge in [-0.2, -0.15) is 0 Å². The maximum Gasteiger partial charge on any atom is 0.306 e. The average molecular weight is 829 g/mol. The molecule has 7 N–H and O–H groups in total. The van der Waals surface area contributed by atoms with Gasteiger partial charge in [-0.15, -0.1) is 0 Å². The van der Waals surface area contributed by atoms with Crippen LogP contribution in [0.25, 0.3) is 0 Å². The molecule has 11 atom stereocenters. The Morgan fingerprint density at radius 1 is 0.586 bits per heavy atom. The molecule has 2 heterocycles. The monoisotopic (exact) mass is 829 g/mol. The molecule has 2 aliphatic rings. The van der Waals surface area contributed by atoms with Gasteiger partial charge in [-0.25, -0.2) is 0 Å². The van der Waals surface area contributed by atoms with Gasteiger partial charge >= 0.3 is 5.97 Å². The molecule has 0 aromatic heterocycles. The number of rotatable bonds is 32. The highest BCUT2D eigenvalue weighted by molar-refractivity contribution is 5.69. The topological polar surface area (TPSA) is 214 Å². The minimum atomic E-state index is -1.71. The van der Waals surface area contributed by atoms with Crippen molar-refractivity contribution in [2.24, 2.45) is 0 Å². The molecule has 0 radical (unpaired) electrons. The number of ether oxygens (including phenoxy) is 6. The van der Waals surface area contributed by atoms with Crippen LogP contribution in [0.3, 0.4) is 0 Å². The number of allylic oxidation sites excluding steroid dienone is 8. The van der Waals surface area contributed by atoms with Crippen LogP contribution in [0.5, 0.6) is 0 Å². The van der Waals surface area contributed by atoms with E-state index in [0.29, 0.717) is 13.0 Å². The van der Waals surface area contributed by atoms with E-state index in [1.807, 2.05) is 0 Å². The Kier molecular flexibility index (Phi) is 29.4. The molecule has 14 heteroatoms. The number of unbranched alkanes of at least 4 members (excludes halogenated alkanes) is 10. The summed E-state index contributed by atoms with van der Waals surface area (Å²) in [5, 5.41) is 71.7. The number of esters is 1. The smallest absolute Gasteiger partial charge is 0.306 e. The fourth-order valence-corrected chi connectivity index (χ4v) is 6.51. The van der Waals surface area contributed by atoms with E-state index in [2.05, 4.69) is 62.5 Å². The Morgan fingerprint density at radius 3 is 1.76 bits per heavy atom. The predicted molar refractivity (Wildman–Crippen MR) is 219 cm³/mol. The third kappa shape index (κ3) is 21.5. The second-order valence-electron chi connectivity index (χ2n) is 15.1. The molecule has 2 rings (SSSR count). The SMILES string of the molecule is CC/C=C\C/C=C\C/C=C\C/C=C\CCCCCCC(=O)OC(COCCCCCCCCC)COC1OC(COC2OC(CO)C(O)C(O)C2O)C(O)C(O)C1O. The third-order valence-electron chi connectivity index (χ3n) is 10.1. The zero-order valence-corrected chi connectivity index (χ0v) is 35.0. The summed E-state index contributed by atoms with van der Waals surface area (Å²) in [6.07, 6.45) is 17.7. The minimum absolute atomic E-state index is 0.0497. The highest BCUT2D eigenvalue weighted by Gasteiger charge is 2.47. The largest absolute Gasteiger partial charge is 0.457 e. The van der Waals surface area contributed by atoms with Crippen LogP contribution in [-0.2, 0) is 33.2 Å². The van der Waals surface area contributed by atoms with E-state index in [0.717, 1.165) is 70.6 Å². The zero-order valence-electron chi connectivity index (χ0n) is 35.0. The lowest BCUT2D eigenvalue weighted by molar-refractivity contribution is -0.332. The van der Waals surface area contributed by atoms with Gasteiger partial charge in [0, 0.05) is 13.0 Å². The zero-order chi connectivity index (χ0) is 42.4. The molecule has 0 aliphatic carbocycles. The van der Waals surface area contributed by atoms with E-state index in [1.54, 1.807) is 0 Å². The number of carbonyl (C=O) groups is 1. The van der Waals surface area contributed by atoms with Crippen LogP contribution in [0, 0.1) is 0 Å². The summed E-state index contributed by atoms with van der Waals surface area (Å²) in [6, 6.07) is 0. The first-order chi connectivity index (χ1) is 28.1. The van der Waals surface area contributed by atoms with Crippen molar-refractivity contribution in [2.75, 3.05) is 33.0 Å².